The van der Waals surface area contributed by atoms with E-state index >= 15 is 0 Å². The van der Waals surface area contributed by atoms with E-state index < -0.39 is 0 Å². The Kier molecular flexibility index (Phi) is 5.09. The van der Waals surface area contributed by atoms with E-state index in [1.165, 1.54) is 0 Å². The number of hydrogen-bond acceptors (Lipinski definition) is 3. The van der Waals surface area contributed by atoms with Crippen LogP contribution in [-0.4, -0.2) is 40.8 Å². The fourth-order valence-electron chi connectivity index (χ4n) is 3.45. The van der Waals surface area contributed by atoms with Gasteiger partial charge in [0.2, 0.25) is 0 Å². The quantitative estimate of drug-likeness (QED) is 0.665. The molecule has 2 heterocycles. The van der Waals surface area contributed by atoms with E-state index in [9.17, 15) is 4.79 Å². The highest BCUT2D eigenvalue weighted by Crippen LogP contribution is 2.36. The Labute approximate surface area is 169 Å². The highest BCUT2D eigenvalue weighted by molar-refractivity contribution is 6.33. The largest absolute Gasteiger partial charge is 0.491 e. The van der Waals surface area contributed by atoms with Gasteiger partial charge in [0.15, 0.2) is 5.75 Å². The molecule has 4 rings (SSSR count). The highest BCUT2D eigenvalue weighted by Gasteiger charge is 2.24. The molecule has 6 heteroatoms. The second-order valence-corrected chi connectivity index (χ2v) is 7.45. The number of halogens is 1. The van der Waals surface area contributed by atoms with Crippen molar-refractivity contribution in [3.05, 3.63) is 76.1 Å². The van der Waals surface area contributed by atoms with Gasteiger partial charge in [-0.15, -0.1) is 0 Å². The molecule has 2 aromatic carbocycles. The molecular formula is C22H22ClN3O2. The maximum Gasteiger partial charge on any atom is 0.257 e. The predicted octanol–water partition coefficient (Wildman–Crippen LogP) is 4.28. The average molecular weight is 396 g/mol. The van der Waals surface area contributed by atoms with Crippen molar-refractivity contribution in [3.63, 3.8) is 0 Å². The Bertz CT molecular complexity index is 998. The van der Waals surface area contributed by atoms with Gasteiger partial charge >= 0.3 is 0 Å². The number of hydrogen-bond donors (Lipinski definition) is 0. The Morgan fingerprint density at radius 1 is 1.25 bits per heavy atom. The minimum Gasteiger partial charge on any atom is -0.491 e. The second-order valence-electron chi connectivity index (χ2n) is 7.07. The average Bonchev–Trinajstić information content (AvgIpc) is 3.23. The monoisotopic (exact) mass is 395 g/mol. The van der Waals surface area contributed by atoms with Gasteiger partial charge in [-0.1, -0.05) is 23.7 Å². The zero-order valence-corrected chi connectivity index (χ0v) is 16.7. The number of ether oxygens (including phenoxy) is 1. The summed E-state index contributed by atoms with van der Waals surface area (Å²) in [4.78, 5) is 14.5. The predicted molar refractivity (Wildman–Crippen MR) is 110 cm³/mol. The fraction of sp³-hybridized carbons (Fsp3) is 0.273. The number of benzene rings is 2. The summed E-state index contributed by atoms with van der Waals surface area (Å²) < 4.78 is 7.65. The van der Waals surface area contributed by atoms with Crippen molar-refractivity contribution in [1.29, 1.82) is 0 Å². The van der Waals surface area contributed by atoms with Crippen LogP contribution in [0, 0.1) is 6.92 Å². The molecule has 1 aromatic heterocycles. The van der Waals surface area contributed by atoms with Gasteiger partial charge < -0.3 is 9.64 Å². The molecule has 0 fully saturated rings. The van der Waals surface area contributed by atoms with E-state index in [-0.39, 0.29) is 5.91 Å². The molecule has 1 aliphatic heterocycles. The van der Waals surface area contributed by atoms with Crippen molar-refractivity contribution in [2.45, 2.75) is 19.8 Å². The first-order valence-electron chi connectivity index (χ1n) is 9.34. The molecule has 28 heavy (non-hydrogen) atoms. The maximum absolute atomic E-state index is 12.8. The number of aromatic nitrogens is 2. The fourth-order valence-corrected chi connectivity index (χ4v) is 3.73. The summed E-state index contributed by atoms with van der Waals surface area (Å²) in [6, 6.07) is 12.1. The first kappa shape index (κ1) is 18.6. The lowest BCUT2D eigenvalue weighted by Gasteiger charge is -2.25. The molecule has 1 aliphatic rings. The third-order valence-electron chi connectivity index (χ3n) is 5.13. The second kappa shape index (κ2) is 7.68. The molecule has 144 valence electrons. The van der Waals surface area contributed by atoms with Gasteiger partial charge in [-0.05, 0) is 60.7 Å². The summed E-state index contributed by atoms with van der Waals surface area (Å²) in [5.41, 5.74) is 4.67. The number of carbonyl (C=O) groups is 1. The summed E-state index contributed by atoms with van der Waals surface area (Å²) in [6.07, 6.45) is 5.15. The Morgan fingerprint density at radius 2 is 2.04 bits per heavy atom. The van der Waals surface area contributed by atoms with Crippen LogP contribution in [0.4, 0.5) is 0 Å². The summed E-state index contributed by atoms with van der Waals surface area (Å²) in [7, 11) is 1.82. The third-order valence-corrected chi connectivity index (χ3v) is 5.59. The number of fused-ring (bicyclic) bond motifs is 1. The van der Waals surface area contributed by atoms with E-state index in [2.05, 4.69) is 17.2 Å². The lowest BCUT2D eigenvalue weighted by Crippen LogP contribution is -2.31. The molecule has 0 radical (unpaired) electrons. The molecule has 5 nitrogen and oxygen atoms in total. The molecule has 3 aromatic rings. The molecule has 0 saturated carbocycles. The lowest BCUT2D eigenvalue weighted by atomic mass is 9.96. The number of rotatable bonds is 3. The summed E-state index contributed by atoms with van der Waals surface area (Å²) >= 11 is 6.61. The summed E-state index contributed by atoms with van der Waals surface area (Å²) in [5, 5.41) is 4.78. The molecule has 0 saturated heterocycles. The van der Waals surface area contributed by atoms with E-state index in [1.807, 2.05) is 49.1 Å². The molecule has 0 spiro atoms. The summed E-state index contributed by atoms with van der Waals surface area (Å²) in [5.74, 6) is 0.459. The van der Waals surface area contributed by atoms with E-state index in [0.29, 0.717) is 35.9 Å². The van der Waals surface area contributed by atoms with E-state index in [4.69, 9.17) is 16.3 Å². The molecule has 0 N–H and O–H groups in total. The van der Waals surface area contributed by atoms with Crippen molar-refractivity contribution in [2.75, 3.05) is 20.2 Å². The molecular weight excluding hydrogens is 374 g/mol. The molecule has 0 aliphatic carbocycles. The van der Waals surface area contributed by atoms with Crippen LogP contribution in [0.3, 0.4) is 0 Å². The van der Waals surface area contributed by atoms with Crippen LogP contribution >= 0.6 is 11.6 Å². The third kappa shape index (κ3) is 3.50. The number of carbonyl (C=O) groups excluding carboxylic acids is 1. The normalized spacial score (nSPS) is 14.2. The standard InChI is InChI=1S/C22H22ClN3O2/c1-15-17(13-16-5-7-18(8-6-16)26-11-3-9-24-26)14-19-21(20(15)23)28-12-4-10-25(2)22(19)27/h3,5-9,11,14H,4,10,12-13H2,1-2H3. The van der Waals surface area contributed by atoms with Gasteiger partial charge in [0.05, 0.1) is 22.9 Å². The van der Waals surface area contributed by atoms with Gasteiger partial charge in [0.1, 0.15) is 0 Å². The maximum atomic E-state index is 12.8. The Balaban J connectivity index is 1.67. The van der Waals surface area contributed by atoms with Gasteiger partial charge in [0.25, 0.3) is 5.91 Å². The zero-order valence-electron chi connectivity index (χ0n) is 16.0. The van der Waals surface area contributed by atoms with Crippen LogP contribution in [-0.2, 0) is 6.42 Å². The topological polar surface area (TPSA) is 47.4 Å². The van der Waals surface area contributed by atoms with Gasteiger partial charge in [-0.2, -0.15) is 5.10 Å². The SMILES string of the molecule is Cc1c(Cc2ccc(-n3cccn3)cc2)cc2c(c1Cl)OCCCN(C)C2=O. The van der Waals surface area contributed by atoms with Crippen molar-refractivity contribution >= 4 is 17.5 Å². The van der Waals surface area contributed by atoms with Gasteiger partial charge in [0, 0.05) is 26.0 Å². The Morgan fingerprint density at radius 3 is 2.75 bits per heavy atom. The molecule has 1 amide bonds. The van der Waals surface area contributed by atoms with Crippen molar-refractivity contribution in [3.8, 4) is 11.4 Å². The smallest absolute Gasteiger partial charge is 0.257 e. The molecule has 0 atom stereocenters. The summed E-state index contributed by atoms with van der Waals surface area (Å²) in [6.45, 7) is 3.21. The first-order valence-corrected chi connectivity index (χ1v) is 9.71. The van der Waals surface area contributed by atoms with Crippen molar-refractivity contribution in [1.82, 2.24) is 14.7 Å². The Hall–Kier alpha value is -2.79. The first-order chi connectivity index (χ1) is 13.5. The van der Waals surface area contributed by atoms with Crippen LogP contribution in [0.15, 0.2) is 48.8 Å². The van der Waals surface area contributed by atoms with Gasteiger partial charge in [-0.3, -0.25) is 4.79 Å². The van der Waals surface area contributed by atoms with Crippen LogP contribution in [0.5, 0.6) is 5.75 Å². The van der Waals surface area contributed by atoms with E-state index in [1.54, 1.807) is 11.1 Å². The van der Waals surface area contributed by atoms with E-state index in [0.717, 1.165) is 28.8 Å². The minimum absolute atomic E-state index is 0.0492. The number of amides is 1. The van der Waals surface area contributed by atoms with Gasteiger partial charge in [-0.25, -0.2) is 4.68 Å². The van der Waals surface area contributed by atoms with Crippen molar-refractivity contribution < 1.29 is 9.53 Å². The van der Waals surface area contributed by atoms with Crippen LogP contribution < -0.4 is 4.74 Å². The highest BCUT2D eigenvalue weighted by atomic mass is 35.5. The molecule has 0 unspecified atom stereocenters. The zero-order chi connectivity index (χ0) is 19.7. The van der Waals surface area contributed by atoms with Crippen molar-refractivity contribution in [2.24, 2.45) is 0 Å². The van der Waals surface area contributed by atoms with Crippen LogP contribution in [0.1, 0.15) is 33.5 Å². The number of nitrogens with zero attached hydrogens (tertiary/aromatic N) is 3. The minimum atomic E-state index is -0.0492. The van der Waals surface area contributed by atoms with Crippen LogP contribution in [0.25, 0.3) is 5.69 Å². The molecule has 0 bridgehead atoms. The lowest BCUT2D eigenvalue weighted by molar-refractivity contribution is 0.0768. The van der Waals surface area contributed by atoms with Crippen LogP contribution in [0.2, 0.25) is 5.02 Å².